The van der Waals surface area contributed by atoms with E-state index < -0.39 is 15.3 Å². The van der Waals surface area contributed by atoms with E-state index in [-0.39, 0.29) is 0 Å². The largest absolute Gasteiger partial charge is 0.495 e. The first kappa shape index (κ1) is 17.3. The minimum Gasteiger partial charge on any atom is -0.495 e. The van der Waals surface area contributed by atoms with Crippen molar-refractivity contribution < 1.29 is 13.2 Å². The number of benzene rings is 2. The van der Waals surface area contributed by atoms with Gasteiger partial charge in [-0.1, -0.05) is 24.3 Å². The zero-order valence-electron chi connectivity index (χ0n) is 13.8. The highest BCUT2D eigenvalue weighted by Crippen LogP contribution is 2.30. The fourth-order valence-electron chi connectivity index (χ4n) is 3.18. The molecule has 1 unspecified atom stereocenters. The van der Waals surface area contributed by atoms with Gasteiger partial charge >= 0.3 is 0 Å². The topological polar surface area (TPSA) is 96.4 Å². The molecule has 0 radical (unpaired) electrons. The molecule has 1 atom stereocenters. The maximum atomic E-state index is 11.9. The number of sulfonamides is 1. The van der Waals surface area contributed by atoms with Crippen LogP contribution >= 0.6 is 0 Å². The quantitative estimate of drug-likeness (QED) is 0.900. The van der Waals surface area contributed by atoms with Crippen LogP contribution in [0.4, 0.5) is 5.69 Å². The number of nitrogens with two attached hydrogens (primary N) is 1. The Labute approximate surface area is 147 Å². The lowest BCUT2D eigenvalue weighted by molar-refractivity contribution is 0.413. The number of methoxy groups -OCH3 is 1. The Morgan fingerprint density at radius 2 is 2.08 bits per heavy atom. The second-order valence-electron chi connectivity index (χ2n) is 6.07. The summed E-state index contributed by atoms with van der Waals surface area (Å²) in [4.78, 5) is 2.00. The van der Waals surface area contributed by atoms with Gasteiger partial charge in [-0.3, -0.25) is 0 Å². The van der Waals surface area contributed by atoms with Gasteiger partial charge in [0, 0.05) is 18.8 Å². The van der Waals surface area contributed by atoms with Gasteiger partial charge in [-0.15, -0.1) is 0 Å². The van der Waals surface area contributed by atoms with Crippen molar-refractivity contribution in [2.75, 3.05) is 18.6 Å². The first-order valence-corrected chi connectivity index (χ1v) is 9.45. The van der Waals surface area contributed by atoms with Crippen LogP contribution in [0, 0.1) is 11.3 Å². The van der Waals surface area contributed by atoms with Crippen LogP contribution in [0.5, 0.6) is 5.75 Å². The smallest absolute Gasteiger partial charge is 0.214 e. The van der Waals surface area contributed by atoms with Crippen molar-refractivity contribution in [3.05, 3.63) is 59.2 Å². The molecule has 2 N–H and O–H groups in total. The number of hydrogen-bond donors (Lipinski definition) is 1. The summed E-state index contributed by atoms with van der Waals surface area (Å²) in [6.45, 7) is 0.811. The molecule has 3 rings (SSSR count). The Morgan fingerprint density at radius 3 is 2.76 bits per heavy atom. The monoisotopic (exact) mass is 357 g/mol. The summed E-state index contributed by atoms with van der Waals surface area (Å²) in [6, 6.07) is 15.2. The standard InChI is InChI=1S/C18H19N3O3S/c1-24-18-7-6-13(8-15(18)10-19)11-21-12-16(25(20,22)23)9-14-4-2-3-5-17(14)21/h2-8,16H,9,11-12H2,1H3,(H2,20,22,23). The second kappa shape index (κ2) is 6.75. The molecule has 25 heavy (non-hydrogen) atoms. The van der Waals surface area contributed by atoms with Crippen LogP contribution in [-0.4, -0.2) is 27.3 Å². The average Bonchev–Trinajstić information content (AvgIpc) is 2.60. The zero-order valence-corrected chi connectivity index (χ0v) is 14.7. The first-order chi connectivity index (χ1) is 11.9. The van der Waals surface area contributed by atoms with Gasteiger partial charge < -0.3 is 9.64 Å². The van der Waals surface area contributed by atoms with E-state index in [9.17, 15) is 13.7 Å². The number of anilines is 1. The number of primary sulfonamides is 1. The summed E-state index contributed by atoms with van der Waals surface area (Å²) in [5.74, 6) is 0.521. The number of nitriles is 1. The maximum absolute atomic E-state index is 11.9. The fourth-order valence-corrected chi connectivity index (χ4v) is 3.98. The molecule has 1 aliphatic heterocycles. The lowest BCUT2D eigenvalue weighted by atomic mass is 10.0. The molecule has 0 bridgehead atoms. The van der Waals surface area contributed by atoms with Gasteiger partial charge in [-0.05, 0) is 35.7 Å². The van der Waals surface area contributed by atoms with Crippen LogP contribution in [0.15, 0.2) is 42.5 Å². The molecule has 0 spiro atoms. The van der Waals surface area contributed by atoms with Crippen LogP contribution < -0.4 is 14.8 Å². The number of ether oxygens (including phenoxy) is 1. The number of para-hydroxylation sites is 1. The molecule has 0 saturated carbocycles. The Bertz CT molecular complexity index is 935. The van der Waals surface area contributed by atoms with Gasteiger partial charge in [0.2, 0.25) is 10.0 Å². The fraction of sp³-hybridized carbons (Fsp3) is 0.278. The molecule has 1 heterocycles. The molecular weight excluding hydrogens is 338 g/mol. The summed E-state index contributed by atoms with van der Waals surface area (Å²) in [5, 5.41) is 14.0. The van der Waals surface area contributed by atoms with Crippen molar-refractivity contribution in [1.82, 2.24) is 0 Å². The van der Waals surface area contributed by atoms with E-state index in [2.05, 4.69) is 6.07 Å². The van der Waals surface area contributed by atoms with E-state index in [1.54, 1.807) is 12.1 Å². The van der Waals surface area contributed by atoms with E-state index >= 15 is 0 Å². The molecule has 0 saturated heterocycles. The molecule has 0 fully saturated rings. The Morgan fingerprint density at radius 1 is 1.32 bits per heavy atom. The van der Waals surface area contributed by atoms with E-state index in [1.165, 1.54) is 7.11 Å². The number of rotatable bonds is 4. The van der Waals surface area contributed by atoms with Gasteiger partial charge in [0.25, 0.3) is 0 Å². The van der Waals surface area contributed by atoms with Crippen molar-refractivity contribution in [1.29, 1.82) is 5.26 Å². The van der Waals surface area contributed by atoms with Crippen molar-refractivity contribution in [2.24, 2.45) is 5.14 Å². The predicted molar refractivity (Wildman–Crippen MR) is 95.8 cm³/mol. The predicted octanol–water partition coefficient (Wildman–Crippen LogP) is 1.79. The third-order valence-corrected chi connectivity index (χ3v) is 5.67. The molecule has 130 valence electrons. The number of nitrogens with zero attached hydrogens (tertiary/aromatic N) is 2. The average molecular weight is 357 g/mol. The van der Waals surface area contributed by atoms with Gasteiger partial charge in [-0.25, -0.2) is 13.6 Å². The Balaban J connectivity index is 1.95. The van der Waals surface area contributed by atoms with Crippen molar-refractivity contribution in [3.8, 4) is 11.8 Å². The molecular formula is C18H19N3O3S. The SMILES string of the molecule is COc1ccc(CN2CC(S(N)(=O)=O)Cc3ccccc32)cc1C#N. The van der Waals surface area contributed by atoms with Crippen LogP contribution in [-0.2, 0) is 23.0 Å². The van der Waals surface area contributed by atoms with Crippen LogP contribution in [0.1, 0.15) is 16.7 Å². The van der Waals surface area contributed by atoms with Crippen LogP contribution in [0.25, 0.3) is 0 Å². The lowest BCUT2D eigenvalue weighted by Gasteiger charge is -2.35. The number of fused-ring (bicyclic) bond motifs is 1. The summed E-state index contributed by atoms with van der Waals surface area (Å²) < 4.78 is 28.9. The molecule has 1 aliphatic rings. The van der Waals surface area contributed by atoms with E-state index in [0.29, 0.717) is 30.8 Å². The Hall–Kier alpha value is -2.56. The summed E-state index contributed by atoms with van der Waals surface area (Å²) >= 11 is 0. The maximum Gasteiger partial charge on any atom is 0.214 e. The highest BCUT2D eigenvalue weighted by Gasteiger charge is 2.31. The van der Waals surface area contributed by atoms with Crippen molar-refractivity contribution in [2.45, 2.75) is 18.2 Å². The number of hydrogen-bond acceptors (Lipinski definition) is 5. The summed E-state index contributed by atoms with van der Waals surface area (Å²) in [7, 11) is -2.11. The van der Waals surface area contributed by atoms with Gasteiger partial charge in [0.15, 0.2) is 0 Å². The normalized spacial score (nSPS) is 16.8. The minimum atomic E-state index is -3.63. The van der Waals surface area contributed by atoms with Gasteiger partial charge in [0.1, 0.15) is 11.8 Å². The summed E-state index contributed by atoms with van der Waals surface area (Å²) in [5.41, 5.74) is 3.31. The van der Waals surface area contributed by atoms with E-state index in [0.717, 1.165) is 16.8 Å². The third kappa shape index (κ3) is 3.60. The van der Waals surface area contributed by atoms with E-state index in [4.69, 9.17) is 9.88 Å². The molecule has 2 aromatic carbocycles. The molecule has 7 heteroatoms. The van der Waals surface area contributed by atoms with Gasteiger partial charge in [0.05, 0.1) is 17.9 Å². The molecule has 0 amide bonds. The minimum absolute atomic E-state index is 0.323. The zero-order chi connectivity index (χ0) is 18.0. The molecule has 6 nitrogen and oxygen atoms in total. The van der Waals surface area contributed by atoms with Crippen molar-refractivity contribution >= 4 is 15.7 Å². The van der Waals surface area contributed by atoms with Crippen LogP contribution in [0.3, 0.4) is 0 Å². The lowest BCUT2D eigenvalue weighted by Crippen LogP contribution is -2.44. The highest BCUT2D eigenvalue weighted by molar-refractivity contribution is 7.89. The molecule has 0 aliphatic carbocycles. The molecule has 2 aromatic rings. The summed E-state index contributed by atoms with van der Waals surface area (Å²) in [6.07, 6.45) is 0.414. The van der Waals surface area contributed by atoms with Crippen LogP contribution in [0.2, 0.25) is 0 Å². The van der Waals surface area contributed by atoms with E-state index in [1.807, 2.05) is 35.2 Å². The molecule has 0 aromatic heterocycles. The Kier molecular flexibility index (Phi) is 4.66. The second-order valence-corrected chi connectivity index (χ2v) is 7.92. The van der Waals surface area contributed by atoms with Gasteiger partial charge in [-0.2, -0.15) is 5.26 Å². The van der Waals surface area contributed by atoms with Crippen molar-refractivity contribution in [3.63, 3.8) is 0 Å². The first-order valence-electron chi connectivity index (χ1n) is 7.84. The third-order valence-electron chi connectivity index (χ3n) is 4.43. The highest BCUT2D eigenvalue weighted by atomic mass is 32.2.